The quantitative estimate of drug-likeness (QED) is 0.426. The van der Waals surface area contributed by atoms with Crippen LogP contribution in [0.15, 0.2) is 53.5 Å². The molecule has 176 valence electrons. The first kappa shape index (κ1) is 22.8. The number of carbonyl (C=O) groups excluding carboxylic acids is 1. The Morgan fingerprint density at radius 1 is 1.09 bits per heavy atom. The highest BCUT2D eigenvalue weighted by Gasteiger charge is 2.20. The van der Waals surface area contributed by atoms with Gasteiger partial charge in [0.15, 0.2) is 0 Å². The SMILES string of the molecule is O=C(NCc1ccc(Cl)cc1)c1cn2c(CCO)cc3cc(CN4CCOCC4)cc(c1=O)c32. The van der Waals surface area contributed by atoms with Crippen molar-refractivity contribution in [3.8, 4) is 0 Å². The molecule has 0 bridgehead atoms. The predicted molar refractivity (Wildman–Crippen MR) is 132 cm³/mol. The zero-order valence-corrected chi connectivity index (χ0v) is 19.5. The lowest BCUT2D eigenvalue weighted by Crippen LogP contribution is -2.35. The standard InChI is InChI=1S/C26H26ClN3O4/c27-20-3-1-17(2-4-20)14-28-26(33)23-16-30-21(5-8-31)13-19-11-18(12-22(24(19)30)25(23)32)15-29-6-9-34-10-7-29/h1-4,11-13,16,31H,5-10,14-15H2,(H,28,33). The maximum Gasteiger partial charge on any atom is 0.257 e. The Bertz CT molecular complexity index is 1380. The van der Waals surface area contributed by atoms with Crippen LogP contribution in [0.5, 0.6) is 0 Å². The predicted octanol–water partition coefficient (Wildman–Crippen LogP) is 2.84. The fourth-order valence-electron chi connectivity index (χ4n) is 4.60. The Labute approximate surface area is 201 Å². The summed E-state index contributed by atoms with van der Waals surface area (Å²) in [6, 6.07) is 13.2. The van der Waals surface area contributed by atoms with E-state index in [0.29, 0.717) is 36.6 Å². The highest BCUT2D eigenvalue weighted by atomic mass is 35.5. The Kier molecular flexibility index (Phi) is 6.52. The van der Waals surface area contributed by atoms with Crippen LogP contribution in [0.1, 0.15) is 27.2 Å². The minimum absolute atomic E-state index is 0.0217. The fraction of sp³-hybridized carbons (Fsp3) is 0.308. The van der Waals surface area contributed by atoms with Crippen molar-refractivity contribution >= 4 is 33.8 Å². The molecular weight excluding hydrogens is 454 g/mol. The van der Waals surface area contributed by atoms with E-state index in [4.69, 9.17) is 16.3 Å². The third kappa shape index (κ3) is 4.52. The van der Waals surface area contributed by atoms with E-state index >= 15 is 0 Å². The molecule has 1 aliphatic heterocycles. The van der Waals surface area contributed by atoms with E-state index in [1.165, 1.54) is 0 Å². The summed E-state index contributed by atoms with van der Waals surface area (Å²) < 4.78 is 7.32. The van der Waals surface area contributed by atoms with Gasteiger partial charge in [-0.2, -0.15) is 0 Å². The molecule has 1 amide bonds. The molecule has 8 heteroatoms. The monoisotopic (exact) mass is 479 g/mol. The number of nitrogens with one attached hydrogen (secondary N) is 1. The molecule has 0 unspecified atom stereocenters. The minimum Gasteiger partial charge on any atom is -0.396 e. The lowest BCUT2D eigenvalue weighted by Gasteiger charge is -2.26. The highest BCUT2D eigenvalue weighted by Crippen LogP contribution is 2.27. The summed E-state index contributed by atoms with van der Waals surface area (Å²) >= 11 is 5.93. The van der Waals surface area contributed by atoms with E-state index in [9.17, 15) is 14.7 Å². The summed E-state index contributed by atoms with van der Waals surface area (Å²) in [5.41, 5.74) is 3.35. The van der Waals surface area contributed by atoms with Gasteiger partial charge >= 0.3 is 0 Å². The van der Waals surface area contributed by atoms with Crippen molar-refractivity contribution in [2.45, 2.75) is 19.5 Å². The maximum atomic E-state index is 13.5. The number of hydrogen-bond acceptors (Lipinski definition) is 5. The molecule has 34 heavy (non-hydrogen) atoms. The fourth-order valence-corrected chi connectivity index (χ4v) is 4.73. The molecule has 2 N–H and O–H groups in total. The van der Waals surface area contributed by atoms with Crippen molar-refractivity contribution in [1.29, 1.82) is 0 Å². The summed E-state index contributed by atoms with van der Waals surface area (Å²) in [7, 11) is 0. The average Bonchev–Trinajstić information content (AvgIpc) is 3.18. The molecular formula is C26H26ClN3O4. The number of nitrogens with zero attached hydrogens (tertiary/aromatic N) is 2. The van der Waals surface area contributed by atoms with E-state index in [-0.39, 0.29) is 24.1 Å². The van der Waals surface area contributed by atoms with Crippen LogP contribution in [0, 0.1) is 0 Å². The van der Waals surface area contributed by atoms with Gasteiger partial charge in [-0.15, -0.1) is 0 Å². The summed E-state index contributed by atoms with van der Waals surface area (Å²) in [6.45, 7) is 4.06. The number of pyridine rings is 1. The first-order valence-electron chi connectivity index (χ1n) is 11.4. The first-order chi connectivity index (χ1) is 16.5. The number of aromatic nitrogens is 1. The molecule has 1 aliphatic rings. The molecule has 0 aliphatic carbocycles. The van der Waals surface area contributed by atoms with Gasteiger partial charge in [-0.3, -0.25) is 14.5 Å². The topological polar surface area (TPSA) is 83.3 Å². The van der Waals surface area contributed by atoms with Gasteiger partial charge in [-0.1, -0.05) is 23.7 Å². The normalized spacial score (nSPS) is 14.8. The molecule has 2 aromatic heterocycles. The van der Waals surface area contributed by atoms with Crippen molar-refractivity contribution in [2.24, 2.45) is 0 Å². The zero-order valence-electron chi connectivity index (χ0n) is 18.7. The average molecular weight is 480 g/mol. The van der Waals surface area contributed by atoms with Crippen molar-refractivity contribution < 1.29 is 14.6 Å². The Morgan fingerprint density at radius 3 is 2.59 bits per heavy atom. The highest BCUT2D eigenvalue weighted by molar-refractivity contribution is 6.30. The summed E-state index contributed by atoms with van der Waals surface area (Å²) in [5.74, 6) is -0.430. The van der Waals surface area contributed by atoms with Gasteiger partial charge in [0.05, 0.1) is 18.7 Å². The number of amides is 1. The lowest BCUT2D eigenvalue weighted by molar-refractivity contribution is 0.0342. The smallest absolute Gasteiger partial charge is 0.257 e. The molecule has 0 radical (unpaired) electrons. The van der Waals surface area contributed by atoms with Gasteiger partial charge in [0.2, 0.25) is 5.43 Å². The molecule has 0 spiro atoms. The number of benzene rings is 2. The number of halogens is 1. The van der Waals surface area contributed by atoms with Crippen LogP contribution in [0.3, 0.4) is 0 Å². The molecule has 0 saturated carbocycles. The van der Waals surface area contributed by atoms with E-state index in [0.717, 1.165) is 40.8 Å². The molecule has 2 aromatic carbocycles. The second-order valence-electron chi connectivity index (χ2n) is 8.63. The first-order valence-corrected chi connectivity index (χ1v) is 11.8. The van der Waals surface area contributed by atoms with Crippen LogP contribution < -0.4 is 10.7 Å². The number of ether oxygens (including phenoxy) is 1. The molecule has 4 aromatic rings. The number of carbonyl (C=O) groups is 1. The summed E-state index contributed by atoms with van der Waals surface area (Å²) in [6.07, 6.45) is 2.03. The largest absolute Gasteiger partial charge is 0.396 e. The molecule has 3 heterocycles. The van der Waals surface area contributed by atoms with Crippen LogP contribution in [-0.4, -0.2) is 53.2 Å². The minimum atomic E-state index is -0.430. The van der Waals surface area contributed by atoms with Crippen molar-refractivity contribution in [3.63, 3.8) is 0 Å². The molecule has 1 saturated heterocycles. The van der Waals surface area contributed by atoms with E-state index in [1.807, 2.05) is 28.7 Å². The molecule has 0 atom stereocenters. The number of hydrogen-bond donors (Lipinski definition) is 2. The molecule has 7 nitrogen and oxygen atoms in total. The van der Waals surface area contributed by atoms with Crippen LogP contribution in [0.2, 0.25) is 5.02 Å². The number of aliphatic hydroxyl groups is 1. The molecule has 1 fully saturated rings. The zero-order chi connectivity index (χ0) is 23.7. The third-order valence-corrected chi connectivity index (χ3v) is 6.56. The number of morpholine rings is 1. The van der Waals surface area contributed by atoms with E-state index < -0.39 is 5.91 Å². The van der Waals surface area contributed by atoms with Crippen LogP contribution in [0.4, 0.5) is 0 Å². The van der Waals surface area contributed by atoms with Crippen molar-refractivity contribution in [2.75, 3.05) is 32.9 Å². The van der Waals surface area contributed by atoms with Crippen LogP contribution in [0.25, 0.3) is 16.3 Å². The number of aliphatic hydroxyl groups excluding tert-OH is 1. The second kappa shape index (κ2) is 9.72. The van der Waals surface area contributed by atoms with Gasteiger partial charge in [0.1, 0.15) is 5.56 Å². The third-order valence-electron chi connectivity index (χ3n) is 6.31. The van der Waals surface area contributed by atoms with Gasteiger partial charge in [-0.05, 0) is 41.5 Å². The van der Waals surface area contributed by atoms with Gasteiger partial charge in [0.25, 0.3) is 5.91 Å². The second-order valence-corrected chi connectivity index (χ2v) is 9.07. The van der Waals surface area contributed by atoms with Gasteiger partial charge < -0.3 is 19.6 Å². The van der Waals surface area contributed by atoms with Crippen LogP contribution >= 0.6 is 11.6 Å². The lowest BCUT2D eigenvalue weighted by atomic mass is 10.0. The summed E-state index contributed by atoms with van der Waals surface area (Å²) in [5, 5.41) is 14.5. The number of rotatable bonds is 7. The van der Waals surface area contributed by atoms with E-state index in [2.05, 4.69) is 16.3 Å². The van der Waals surface area contributed by atoms with Crippen molar-refractivity contribution in [1.82, 2.24) is 14.6 Å². The van der Waals surface area contributed by atoms with Crippen LogP contribution in [-0.2, 0) is 24.2 Å². The maximum absolute atomic E-state index is 13.5. The Morgan fingerprint density at radius 2 is 1.85 bits per heavy atom. The van der Waals surface area contributed by atoms with E-state index in [1.54, 1.807) is 18.3 Å². The van der Waals surface area contributed by atoms with Gasteiger partial charge in [0, 0.05) is 66.9 Å². The Hall–Kier alpha value is -2.97. The van der Waals surface area contributed by atoms with Crippen molar-refractivity contribution in [3.05, 3.63) is 86.3 Å². The van der Waals surface area contributed by atoms with Gasteiger partial charge in [-0.25, -0.2) is 0 Å². The Balaban J connectivity index is 1.53. The summed E-state index contributed by atoms with van der Waals surface area (Å²) in [4.78, 5) is 28.8. The molecule has 5 rings (SSSR count).